The third-order valence-electron chi connectivity index (χ3n) is 4.84. The standard InChI is InChI=1S/C24H19FN2O2/c1-16-9-8-14-22(17(16)2)27-23(15-21(26-27)18-10-4-3-5-11-18)29-24(28)19-12-6-7-13-20(19)25/h3-15H,1-2H3. The van der Waals surface area contributed by atoms with Gasteiger partial charge in [0.05, 0.1) is 16.9 Å². The van der Waals surface area contributed by atoms with Crippen molar-refractivity contribution in [3.05, 3.63) is 101 Å². The van der Waals surface area contributed by atoms with Crippen LogP contribution in [0.3, 0.4) is 0 Å². The molecule has 0 aliphatic carbocycles. The summed E-state index contributed by atoms with van der Waals surface area (Å²) in [6.45, 7) is 3.99. The normalized spacial score (nSPS) is 10.7. The smallest absolute Gasteiger partial charge is 0.347 e. The minimum Gasteiger partial charge on any atom is -0.404 e. The summed E-state index contributed by atoms with van der Waals surface area (Å²) in [4.78, 5) is 12.6. The molecule has 1 aromatic heterocycles. The first-order chi connectivity index (χ1) is 14.0. The molecule has 0 spiro atoms. The van der Waals surface area contributed by atoms with Crippen LogP contribution in [-0.2, 0) is 0 Å². The largest absolute Gasteiger partial charge is 0.404 e. The zero-order valence-corrected chi connectivity index (χ0v) is 16.1. The molecule has 144 valence electrons. The van der Waals surface area contributed by atoms with Gasteiger partial charge in [-0.05, 0) is 43.2 Å². The molecule has 0 saturated carbocycles. The van der Waals surface area contributed by atoms with Crippen LogP contribution in [0, 0.1) is 19.7 Å². The van der Waals surface area contributed by atoms with Crippen LogP contribution in [0.25, 0.3) is 16.9 Å². The Morgan fingerprint density at radius 1 is 0.931 bits per heavy atom. The second kappa shape index (κ2) is 7.72. The highest BCUT2D eigenvalue weighted by molar-refractivity contribution is 5.91. The molecule has 0 fully saturated rings. The topological polar surface area (TPSA) is 44.1 Å². The Kier molecular flexibility index (Phi) is 4.96. The maximum absolute atomic E-state index is 14.0. The number of carbonyl (C=O) groups excluding carboxylic acids is 1. The van der Waals surface area contributed by atoms with E-state index in [4.69, 9.17) is 4.74 Å². The highest BCUT2D eigenvalue weighted by Gasteiger charge is 2.20. The van der Waals surface area contributed by atoms with Crippen LogP contribution >= 0.6 is 0 Å². The molecule has 0 amide bonds. The summed E-state index contributed by atoms with van der Waals surface area (Å²) >= 11 is 0. The second-order valence-electron chi connectivity index (χ2n) is 6.73. The Morgan fingerprint density at radius 2 is 1.66 bits per heavy atom. The van der Waals surface area contributed by atoms with Gasteiger partial charge in [-0.1, -0.05) is 54.6 Å². The number of halogens is 1. The summed E-state index contributed by atoms with van der Waals surface area (Å²) in [6, 6.07) is 22.9. The number of rotatable bonds is 4. The van der Waals surface area contributed by atoms with Crippen molar-refractivity contribution in [2.24, 2.45) is 0 Å². The monoisotopic (exact) mass is 386 g/mol. The van der Waals surface area contributed by atoms with Gasteiger partial charge >= 0.3 is 5.97 Å². The van der Waals surface area contributed by atoms with Gasteiger partial charge in [0.25, 0.3) is 0 Å². The third kappa shape index (κ3) is 3.67. The number of aryl methyl sites for hydroxylation is 1. The molecular formula is C24H19FN2O2. The number of ether oxygens (including phenoxy) is 1. The van der Waals surface area contributed by atoms with Crippen LogP contribution in [0.4, 0.5) is 4.39 Å². The van der Waals surface area contributed by atoms with Crippen molar-refractivity contribution in [1.82, 2.24) is 9.78 Å². The Bertz CT molecular complexity index is 1180. The van der Waals surface area contributed by atoms with Crippen LogP contribution in [0.5, 0.6) is 5.88 Å². The predicted octanol–water partition coefficient (Wildman–Crippen LogP) is 5.51. The van der Waals surface area contributed by atoms with Gasteiger partial charge in [0.1, 0.15) is 5.82 Å². The molecule has 4 aromatic rings. The number of hydrogen-bond acceptors (Lipinski definition) is 3. The molecule has 3 aromatic carbocycles. The van der Waals surface area contributed by atoms with Crippen LogP contribution in [-0.4, -0.2) is 15.7 Å². The van der Waals surface area contributed by atoms with Crippen molar-refractivity contribution < 1.29 is 13.9 Å². The summed E-state index contributed by atoms with van der Waals surface area (Å²) < 4.78 is 21.2. The number of benzene rings is 3. The Morgan fingerprint density at radius 3 is 2.41 bits per heavy atom. The Hall–Kier alpha value is -3.73. The molecular weight excluding hydrogens is 367 g/mol. The first-order valence-electron chi connectivity index (χ1n) is 9.23. The van der Waals surface area contributed by atoms with Crippen molar-refractivity contribution in [1.29, 1.82) is 0 Å². The molecule has 0 saturated heterocycles. The molecule has 5 heteroatoms. The number of esters is 1. The van der Waals surface area contributed by atoms with Gasteiger partial charge in [-0.15, -0.1) is 0 Å². The highest BCUT2D eigenvalue weighted by atomic mass is 19.1. The molecule has 4 nitrogen and oxygen atoms in total. The highest BCUT2D eigenvalue weighted by Crippen LogP contribution is 2.29. The van der Waals surface area contributed by atoms with Gasteiger partial charge in [0, 0.05) is 11.6 Å². The van der Waals surface area contributed by atoms with E-state index in [1.54, 1.807) is 16.8 Å². The number of hydrogen-bond donors (Lipinski definition) is 0. The Balaban J connectivity index is 1.81. The lowest BCUT2D eigenvalue weighted by Crippen LogP contribution is -2.13. The van der Waals surface area contributed by atoms with Crippen LogP contribution in [0.1, 0.15) is 21.5 Å². The quantitative estimate of drug-likeness (QED) is 0.434. The van der Waals surface area contributed by atoms with E-state index in [0.717, 1.165) is 22.4 Å². The van der Waals surface area contributed by atoms with E-state index < -0.39 is 11.8 Å². The zero-order chi connectivity index (χ0) is 20.4. The number of carbonyl (C=O) groups is 1. The van der Waals surface area contributed by atoms with E-state index in [1.807, 2.05) is 62.4 Å². The van der Waals surface area contributed by atoms with Gasteiger partial charge in [-0.2, -0.15) is 9.78 Å². The van der Waals surface area contributed by atoms with Crippen molar-refractivity contribution >= 4 is 5.97 Å². The first kappa shape index (κ1) is 18.6. The fraction of sp³-hybridized carbons (Fsp3) is 0.0833. The lowest BCUT2D eigenvalue weighted by Gasteiger charge is -2.12. The molecule has 0 aliphatic rings. The molecule has 0 N–H and O–H groups in total. The van der Waals surface area contributed by atoms with Gasteiger partial charge in [0.2, 0.25) is 5.88 Å². The zero-order valence-electron chi connectivity index (χ0n) is 16.1. The molecule has 29 heavy (non-hydrogen) atoms. The lowest BCUT2D eigenvalue weighted by molar-refractivity contribution is 0.0718. The molecule has 0 unspecified atom stereocenters. The molecule has 0 bridgehead atoms. The molecule has 1 heterocycles. The van der Waals surface area contributed by atoms with Gasteiger partial charge in [0.15, 0.2) is 0 Å². The van der Waals surface area contributed by atoms with Gasteiger partial charge < -0.3 is 4.74 Å². The van der Waals surface area contributed by atoms with E-state index in [0.29, 0.717) is 5.69 Å². The van der Waals surface area contributed by atoms with Crippen LogP contribution in [0.2, 0.25) is 0 Å². The van der Waals surface area contributed by atoms with Gasteiger partial charge in [-0.3, -0.25) is 0 Å². The van der Waals surface area contributed by atoms with Crippen LogP contribution < -0.4 is 4.74 Å². The predicted molar refractivity (Wildman–Crippen MR) is 110 cm³/mol. The van der Waals surface area contributed by atoms with Crippen molar-refractivity contribution in [3.63, 3.8) is 0 Å². The van der Waals surface area contributed by atoms with Crippen molar-refractivity contribution in [2.75, 3.05) is 0 Å². The first-order valence-corrected chi connectivity index (χ1v) is 9.23. The van der Waals surface area contributed by atoms with Crippen LogP contribution in [0.15, 0.2) is 78.9 Å². The summed E-state index contributed by atoms with van der Waals surface area (Å²) in [5.74, 6) is -1.17. The lowest BCUT2D eigenvalue weighted by atomic mass is 10.1. The fourth-order valence-corrected chi connectivity index (χ4v) is 3.10. The van der Waals surface area contributed by atoms with E-state index >= 15 is 0 Å². The van der Waals surface area contributed by atoms with E-state index in [2.05, 4.69) is 5.10 Å². The average molecular weight is 386 g/mol. The Labute approximate surface area is 168 Å². The maximum Gasteiger partial charge on any atom is 0.347 e. The average Bonchev–Trinajstić information content (AvgIpc) is 3.14. The molecule has 0 radical (unpaired) electrons. The summed E-state index contributed by atoms with van der Waals surface area (Å²) in [7, 11) is 0. The summed E-state index contributed by atoms with van der Waals surface area (Å²) in [5, 5.41) is 4.67. The molecule has 0 aliphatic heterocycles. The maximum atomic E-state index is 14.0. The minimum atomic E-state index is -0.769. The molecule has 4 rings (SSSR count). The van der Waals surface area contributed by atoms with E-state index in [-0.39, 0.29) is 11.4 Å². The second-order valence-corrected chi connectivity index (χ2v) is 6.73. The number of aromatic nitrogens is 2. The fourth-order valence-electron chi connectivity index (χ4n) is 3.10. The SMILES string of the molecule is Cc1cccc(-n2nc(-c3ccccc3)cc2OC(=O)c2ccccc2F)c1C. The van der Waals surface area contributed by atoms with Gasteiger partial charge in [-0.25, -0.2) is 9.18 Å². The van der Waals surface area contributed by atoms with E-state index in [9.17, 15) is 9.18 Å². The minimum absolute atomic E-state index is 0.123. The third-order valence-corrected chi connectivity index (χ3v) is 4.84. The summed E-state index contributed by atoms with van der Waals surface area (Å²) in [5.41, 5.74) is 4.32. The van der Waals surface area contributed by atoms with Crippen molar-refractivity contribution in [2.45, 2.75) is 13.8 Å². The summed E-state index contributed by atoms with van der Waals surface area (Å²) in [6.07, 6.45) is 0. The van der Waals surface area contributed by atoms with Crippen molar-refractivity contribution in [3.8, 4) is 22.8 Å². The number of nitrogens with zero attached hydrogens (tertiary/aromatic N) is 2. The van der Waals surface area contributed by atoms with E-state index in [1.165, 1.54) is 18.2 Å². The molecule has 0 atom stereocenters.